The van der Waals surface area contributed by atoms with E-state index in [4.69, 9.17) is 0 Å². The number of nitrogens with one attached hydrogen (secondary N) is 1. The Balaban J connectivity index is 1.66. The average Bonchev–Trinajstić information content (AvgIpc) is 2.85. The number of likely N-dealkylation sites (N-methyl/N-ethyl adjacent to an activating group) is 1. The second-order valence-corrected chi connectivity index (χ2v) is 8.76. The Morgan fingerprint density at radius 3 is 2.48 bits per heavy atom. The normalized spacial score (nSPS) is 14.4. The number of benzene rings is 2. The molecule has 152 valence electrons. The van der Waals surface area contributed by atoms with Crippen LogP contribution in [0.15, 0.2) is 47.4 Å². The summed E-state index contributed by atoms with van der Waals surface area (Å²) < 4.78 is 25.6. The number of fused-ring (bicyclic) bond motifs is 1. The highest BCUT2D eigenvalue weighted by atomic mass is 32.2. The van der Waals surface area contributed by atoms with Gasteiger partial charge in [-0.2, -0.15) is 0 Å². The molecule has 0 atom stereocenters. The van der Waals surface area contributed by atoms with Gasteiger partial charge in [-0.3, -0.25) is 14.4 Å². The molecule has 0 saturated heterocycles. The van der Waals surface area contributed by atoms with Crippen LogP contribution < -0.4 is 5.32 Å². The maximum atomic E-state index is 12.5. The third kappa shape index (κ3) is 4.00. The molecule has 29 heavy (non-hydrogen) atoms. The SMILES string of the molecule is Cc1ccc(C)c(NC(=O)CN(C)C(=O)CN2C(=O)c3ccccc3S2(=O)=O)c1. The molecule has 1 aliphatic heterocycles. The lowest BCUT2D eigenvalue weighted by molar-refractivity contribution is -0.133. The maximum Gasteiger partial charge on any atom is 0.269 e. The predicted octanol–water partition coefficient (Wildman–Crippen LogP) is 1.55. The first-order valence-corrected chi connectivity index (χ1v) is 10.3. The molecule has 0 aromatic heterocycles. The minimum Gasteiger partial charge on any atom is -0.335 e. The zero-order chi connectivity index (χ0) is 21.3. The summed E-state index contributed by atoms with van der Waals surface area (Å²) in [6.45, 7) is 2.81. The average molecular weight is 415 g/mol. The van der Waals surface area contributed by atoms with E-state index in [1.165, 1.54) is 25.2 Å². The predicted molar refractivity (Wildman–Crippen MR) is 107 cm³/mol. The monoisotopic (exact) mass is 415 g/mol. The Morgan fingerprint density at radius 1 is 1.10 bits per heavy atom. The Labute approximate surface area is 169 Å². The second kappa shape index (κ2) is 7.67. The van der Waals surface area contributed by atoms with E-state index in [-0.39, 0.29) is 17.0 Å². The van der Waals surface area contributed by atoms with Crippen molar-refractivity contribution in [1.82, 2.24) is 9.21 Å². The standard InChI is InChI=1S/C20H21N3O5S/c1-13-8-9-14(2)16(10-13)21-18(24)11-22(3)19(25)12-23-20(26)15-6-4-5-7-17(15)29(23,27)28/h4-10H,11-12H2,1-3H3,(H,21,24). The van der Waals surface area contributed by atoms with Crippen LogP contribution in [0.4, 0.5) is 5.69 Å². The van der Waals surface area contributed by atoms with Crippen molar-refractivity contribution in [3.8, 4) is 0 Å². The van der Waals surface area contributed by atoms with Gasteiger partial charge in [-0.05, 0) is 43.2 Å². The minimum absolute atomic E-state index is 0.0376. The fraction of sp³-hybridized carbons (Fsp3) is 0.250. The number of aryl methyl sites for hydroxylation is 2. The Kier molecular flexibility index (Phi) is 5.43. The summed E-state index contributed by atoms with van der Waals surface area (Å²) in [4.78, 5) is 38.1. The molecule has 0 unspecified atom stereocenters. The van der Waals surface area contributed by atoms with Crippen LogP contribution in [0.5, 0.6) is 0 Å². The molecule has 9 heteroatoms. The van der Waals surface area contributed by atoms with Gasteiger partial charge in [-0.25, -0.2) is 12.7 Å². The van der Waals surface area contributed by atoms with Crippen molar-refractivity contribution in [3.63, 3.8) is 0 Å². The number of hydrogen-bond donors (Lipinski definition) is 1. The zero-order valence-electron chi connectivity index (χ0n) is 16.3. The van der Waals surface area contributed by atoms with Crippen molar-refractivity contribution in [2.24, 2.45) is 0 Å². The summed E-state index contributed by atoms with van der Waals surface area (Å²) in [6, 6.07) is 11.4. The lowest BCUT2D eigenvalue weighted by Crippen LogP contribution is -2.43. The number of carbonyl (C=O) groups is 3. The van der Waals surface area contributed by atoms with Gasteiger partial charge in [0.15, 0.2) is 0 Å². The molecular weight excluding hydrogens is 394 g/mol. The third-order valence-electron chi connectivity index (χ3n) is 4.66. The van der Waals surface area contributed by atoms with E-state index in [1.807, 2.05) is 32.0 Å². The van der Waals surface area contributed by atoms with Crippen LogP contribution in [0.3, 0.4) is 0 Å². The summed E-state index contributed by atoms with van der Waals surface area (Å²) in [5.74, 6) is -1.83. The molecule has 1 N–H and O–H groups in total. The van der Waals surface area contributed by atoms with Crippen LogP contribution in [-0.4, -0.2) is 55.5 Å². The molecule has 1 aliphatic rings. The van der Waals surface area contributed by atoms with E-state index in [1.54, 1.807) is 6.07 Å². The quantitative estimate of drug-likeness (QED) is 0.798. The van der Waals surface area contributed by atoms with Gasteiger partial charge in [0, 0.05) is 12.7 Å². The smallest absolute Gasteiger partial charge is 0.269 e. The summed E-state index contributed by atoms with van der Waals surface area (Å²) >= 11 is 0. The van der Waals surface area contributed by atoms with Crippen molar-refractivity contribution in [2.45, 2.75) is 18.7 Å². The van der Waals surface area contributed by atoms with E-state index in [2.05, 4.69) is 5.32 Å². The number of rotatable bonds is 5. The molecule has 3 rings (SSSR count). The highest BCUT2D eigenvalue weighted by molar-refractivity contribution is 7.90. The molecular formula is C20H21N3O5S. The number of anilines is 1. The summed E-state index contributed by atoms with van der Waals surface area (Å²) in [5.41, 5.74) is 2.54. The van der Waals surface area contributed by atoms with Gasteiger partial charge in [-0.1, -0.05) is 24.3 Å². The van der Waals surface area contributed by atoms with Gasteiger partial charge in [0.05, 0.1) is 12.1 Å². The Morgan fingerprint density at radius 2 is 1.79 bits per heavy atom. The highest BCUT2D eigenvalue weighted by Gasteiger charge is 2.42. The van der Waals surface area contributed by atoms with Crippen molar-refractivity contribution >= 4 is 33.4 Å². The fourth-order valence-corrected chi connectivity index (χ4v) is 4.51. The van der Waals surface area contributed by atoms with Crippen molar-refractivity contribution < 1.29 is 22.8 Å². The molecule has 0 radical (unpaired) electrons. The molecule has 0 bridgehead atoms. The van der Waals surface area contributed by atoms with Gasteiger partial charge >= 0.3 is 0 Å². The van der Waals surface area contributed by atoms with Crippen molar-refractivity contribution in [1.29, 1.82) is 0 Å². The Bertz CT molecular complexity index is 1110. The van der Waals surface area contributed by atoms with Gasteiger partial charge in [-0.15, -0.1) is 0 Å². The van der Waals surface area contributed by atoms with Crippen LogP contribution in [-0.2, 0) is 19.6 Å². The van der Waals surface area contributed by atoms with Crippen LogP contribution >= 0.6 is 0 Å². The van der Waals surface area contributed by atoms with E-state index in [0.29, 0.717) is 9.99 Å². The maximum absolute atomic E-state index is 12.5. The molecule has 8 nitrogen and oxygen atoms in total. The first-order chi connectivity index (χ1) is 13.6. The van der Waals surface area contributed by atoms with Crippen LogP contribution in [0, 0.1) is 13.8 Å². The molecule has 0 saturated carbocycles. The van der Waals surface area contributed by atoms with Crippen LogP contribution in [0.1, 0.15) is 21.5 Å². The number of carbonyl (C=O) groups excluding carboxylic acids is 3. The van der Waals surface area contributed by atoms with Crippen molar-refractivity contribution in [2.75, 3.05) is 25.5 Å². The topological polar surface area (TPSA) is 104 Å². The second-order valence-electron chi connectivity index (χ2n) is 6.93. The highest BCUT2D eigenvalue weighted by Crippen LogP contribution is 2.29. The van der Waals surface area contributed by atoms with Gasteiger partial charge in [0.25, 0.3) is 15.9 Å². The summed E-state index contributed by atoms with van der Waals surface area (Å²) in [6.07, 6.45) is 0. The first-order valence-electron chi connectivity index (χ1n) is 8.88. The largest absolute Gasteiger partial charge is 0.335 e. The minimum atomic E-state index is -4.08. The van der Waals surface area contributed by atoms with Crippen LogP contribution in [0.2, 0.25) is 0 Å². The van der Waals surface area contributed by atoms with E-state index >= 15 is 0 Å². The fourth-order valence-electron chi connectivity index (χ4n) is 2.99. The number of sulfonamides is 1. The number of hydrogen-bond acceptors (Lipinski definition) is 5. The molecule has 2 aromatic rings. The van der Waals surface area contributed by atoms with Crippen molar-refractivity contribution in [3.05, 3.63) is 59.2 Å². The van der Waals surface area contributed by atoms with E-state index in [9.17, 15) is 22.8 Å². The number of amides is 3. The first kappa shape index (κ1) is 20.5. The lowest BCUT2D eigenvalue weighted by Gasteiger charge is -2.21. The molecule has 2 aromatic carbocycles. The molecule has 3 amide bonds. The van der Waals surface area contributed by atoms with Gasteiger partial charge < -0.3 is 10.2 Å². The molecule has 1 heterocycles. The Hall–Kier alpha value is -3.20. The number of nitrogens with zero attached hydrogens (tertiary/aromatic N) is 2. The van der Waals surface area contributed by atoms with Gasteiger partial charge in [0.2, 0.25) is 11.8 Å². The van der Waals surface area contributed by atoms with E-state index in [0.717, 1.165) is 16.0 Å². The summed E-state index contributed by atoms with van der Waals surface area (Å²) in [7, 11) is -2.70. The van der Waals surface area contributed by atoms with Gasteiger partial charge in [0.1, 0.15) is 11.4 Å². The van der Waals surface area contributed by atoms with Crippen LogP contribution in [0.25, 0.3) is 0 Å². The molecule has 0 fully saturated rings. The zero-order valence-corrected chi connectivity index (χ0v) is 17.1. The van der Waals surface area contributed by atoms with E-state index < -0.39 is 34.3 Å². The molecule has 0 aliphatic carbocycles. The lowest BCUT2D eigenvalue weighted by atomic mass is 10.1. The molecule has 0 spiro atoms. The summed E-state index contributed by atoms with van der Waals surface area (Å²) in [5, 5.41) is 2.74. The third-order valence-corrected chi connectivity index (χ3v) is 6.45.